The average molecular weight is 1300 g/mol. The fourth-order valence-electron chi connectivity index (χ4n) is 12.0. The molecule has 2 amide bonds. The quantitative estimate of drug-likeness (QED) is 0.00824. The first-order valence-electron chi connectivity index (χ1n) is 35.8. The number of ether oxygens (including phenoxy) is 7. The van der Waals surface area contributed by atoms with Crippen LogP contribution in [0.5, 0.6) is 0 Å². The van der Waals surface area contributed by atoms with E-state index in [1.165, 1.54) is 123 Å². The van der Waals surface area contributed by atoms with Gasteiger partial charge in [-0.05, 0) is 51.4 Å². The zero-order chi connectivity index (χ0) is 65.9. The lowest BCUT2D eigenvalue weighted by Gasteiger charge is -2.46. The number of carboxylic acid groups (broad SMARTS) is 1. The Balaban J connectivity index is 2.34. The van der Waals surface area contributed by atoms with Gasteiger partial charge in [-0.1, -0.05) is 239 Å². The van der Waals surface area contributed by atoms with E-state index in [4.69, 9.17) is 37.7 Å². The molecule has 0 aromatic heterocycles. The van der Waals surface area contributed by atoms with E-state index in [1.807, 2.05) is 0 Å². The lowest BCUT2D eigenvalue weighted by molar-refractivity contribution is -0.287. The Kier molecular flexibility index (Phi) is 50.3. The summed E-state index contributed by atoms with van der Waals surface area (Å²) in [5, 5.41) is 28.0. The molecule has 526 valence electrons. The van der Waals surface area contributed by atoms with Crippen molar-refractivity contribution >= 4 is 37.9 Å². The number of phosphoric ester groups is 1. The molecule has 0 unspecified atom stereocenters. The molecule has 90 heavy (non-hydrogen) atoms. The van der Waals surface area contributed by atoms with Gasteiger partial charge in [0.25, 0.3) is 0 Å². The molecule has 11 atom stereocenters. The van der Waals surface area contributed by atoms with Gasteiger partial charge >= 0.3 is 19.8 Å². The number of aliphatic hydroxyl groups excluding tert-OH is 1. The summed E-state index contributed by atoms with van der Waals surface area (Å²) < 4.78 is 60.6. The molecule has 21 heteroatoms. The van der Waals surface area contributed by atoms with Crippen LogP contribution in [0.2, 0.25) is 0 Å². The van der Waals surface area contributed by atoms with Crippen LogP contribution in [0.4, 0.5) is 0 Å². The van der Waals surface area contributed by atoms with Crippen LogP contribution in [-0.4, -0.2) is 151 Å². The summed E-state index contributed by atoms with van der Waals surface area (Å²) in [6.07, 6.45) is 32.6. The van der Waals surface area contributed by atoms with Gasteiger partial charge in [-0.25, -0.2) is 9.36 Å². The third-order valence-electron chi connectivity index (χ3n) is 17.2. The van der Waals surface area contributed by atoms with E-state index >= 15 is 0 Å². The van der Waals surface area contributed by atoms with Gasteiger partial charge in [-0.15, -0.1) is 0 Å². The second-order valence-corrected chi connectivity index (χ2v) is 26.5. The zero-order valence-electron chi connectivity index (χ0n) is 56.6. The summed E-state index contributed by atoms with van der Waals surface area (Å²) in [4.78, 5) is 87.0. The Morgan fingerprint density at radius 2 is 1.06 bits per heavy atom. The van der Waals surface area contributed by atoms with Crippen molar-refractivity contribution in [3.05, 3.63) is 12.2 Å². The van der Waals surface area contributed by atoms with Gasteiger partial charge in [0.15, 0.2) is 18.5 Å². The molecule has 0 aromatic rings. The van der Waals surface area contributed by atoms with Crippen LogP contribution in [0.15, 0.2) is 12.2 Å². The largest absolute Gasteiger partial charge is 0.479 e. The van der Waals surface area contributed by atoms with E-state index in [9.17, 15) is 48.5 Å². The van der Waals surface area contributed by atoms with Crippen molar-refractivity contribution in [1.29, 1.82) is 0 Å². The molecule has 2 fully saturated rings. The van der Waals surface area contributed by atoms with Crippen molar-refractivity contribution in [2.24, 2.45) is 0 Å². The van der Waals surface area contributed by atoms with Crippen molar-refractivity contribution in [2.45, 2.75) is 365 Å². The summed E-state index contributed by atoms with van der Waals surface area (Å²) in [6, 6.07) is -2.95. The number of carboxylic acids is 1. The molecule has 0 saturated carbocycles. The number of rotatable bonds is 61. The lowest BCUT2D eigenvalue weighted by atomic mass is 9.91. The van der Waals surface area contributed by atoms with E-state index in [0.717, 1.165) is 116 Å². The fourth-order valence-corrected chi connectivity index (χ4v) is 12.6. The number of esters is 1. The van der Waals surface area contributed by atoms with Gasteiger partial charge in [0, 0.05) is 26.7 Å². The Hall–Kier alpha value is -2.88. The minimum absolute atomic E-state index is 0.105. The minimum atomic E-state index is -5.35. The molecule has 2 aliphatic rings. The molecule has 2 saturated heterocycles. The second-order valence-electron chi connectivity index (χ2n) is 25.3. The smallest absolute Gasteiger partial charge is 0.470 e. The average Bonchev–Trinajstić information content (AvgIpc) is 0.908. The van der Waals surface area contributed by atoms with E-state index < -0.39 is 106 Å². The second kappa shape index (κ2) is 54.4. The molecular weight excluding hydrogens is 1180 g/mol. The minimum Gasteiger partial charge on any atom is -0.479 e. The van der Waals surface area contributed by atoms with Crippen LogP contribution in [-0.2, 0) is 66.2 Å². The van der Waals surface area contributed by atoms with Crippen LogP contribution in [0.25, 0.3) is 0 Å². The molecule has 0 bridgehead atoms. The number of nitrogens with one attached hydrogen (secondary N) is 2. The van der Waals surface area contributed by atoms with Crippen molar-refractivity contribution in [1.82, 2.24) is 10.6 Å². The van der Waals surface area contributed by atoms with Crippen LogP contribution >= 0.6 is 7.82 Å². The number of methoxy groups -OCH3 is 1. The maximum absolute atomic E-state index is 14.3. The van der Waals surface area contributed by atoms with Crippen LogP contribution in [0.3, 0.4) is 0 Å². The van der Waals surface area contributed by atoms with Crippen molar-refractivity contribution in [2.75, 3.05) is 33.5 Å². The molecule has 0 aromatic carbocycles. The van der Waals surface area contributed by atoms with Gasteiger partial charge in [-0.3, -0.25) is 23.7 Å². The number of allylic oxidation sites excluding steroid dienone is 2. The molecule has 6 N–H and O–H groups in total. The zero-order valence-corrected chi connectivity index (χ0v) is 57.5. The van der Waals surface area contributed by atoms with Crippen molar-refractivity contribution in [3.63, 3.8) is 0 Å². The molecule has 0 spiro atoms. The number of amides is 2. The number of aliphatic hydroxyl groups is 1. The molecule has 2 aliphatic heterocycles. The summed E-state index contributed by atoms with van der Waals surface area (Å²) in [6.45, 7) is 8.31. The predicted octanol–water partition coefficient (Wildman–Crippen LogP) is 13.9. The highest BCUT2D eigenvalue weighted by molar-refractivity contribution is 7.46. The SMILES string of the molecule is CCCCCC/C=C\CCCCCCO[C@H](CCCCCCCCCCC)CC(=O)O[C@@H]1[C@@H](NC=O)[C@H](OC[C@H]2O[C@H](C(=O)O)[C@H](NC(=O)CC(=O)CCCCCCCCCCC)[C@@H](OCCCCCCCCCCCC)[C@@H]2O)O[C@H](COC)[C@H]1OP(=O)(O)O. The van der Waals surface area contributed by atoms with E-state index in [-0.39, 0.29) is 38.2 Å². The Morgan fingerprint density at radius 1 is 0.567 bits per heavy atom. The van der Waals surface area contributed by atoms with E-state index in [0.29, 0.717) is 25.9 Å². The van der Waals surface area contributed by atoms with Gasteiger partial charge in [0.05, 0.1) is 38.2 Å². The topological polar surface area (TPSA) is 281 Å². The Bertz CT molecular complexity index is 1890. The maximum atomic E-state index is 14.3. The lowest BCUT2D eigenvalue weighted by Crippen LogP contribution is -2.68. The van der Waals surface area contributed by atoms with Gasteiger partial charge in [0.2, 0.25) is 12.3 Å². The highest BCUT2D eigenvalue weighted by atomic mass is 31.2. The van der Waals surface area contributed by atoms with Gasteiger partial charge in [0.1, 0.15) is 42.3 Å². The third kappa shape index (κ3) is 39.7. The number of hydrogen-bond acceptors (Lipinski definition) is 15. The number of unbranched alkanes of at least 4 members (excludes halogenated alkanes) is 33. The number of phosphoric acid groups is 1. The number of carbonyl (C=O) groups is 5. The number of hydrogen-bond donors (Lipinski definition) is 6. The molecular formula is C69H127N2O18P. The van der Waals surface area contributed by atoms with Gasteiger partial charge < -0.3 is 63.8 Å². The Labute approximate surface area is 542 Å². The molecule has 20 nitrogen and oxygen atoms in total. The molecule has 0 radical (unpaired) electrons. The maximum Gasteiger partial charge on any atom is 0.470 e. The highest BCUT2D eigenvalue weighted by Gasteiger charge is 2.54. The van der Waals surface area contributed by atoms with Crippen LogP contribution in [0, 0.1) is 0 Å². The standard InChI is InChI=1S/C69H127N2O18P/c1-6-10-14-18-22-26-28-29-33-36-40-44-48-83-56(47-43-39-35-31-25-21-17-13-9-4)51-60(75)88-66-62(70-54-72)69(87-58(52-82-5)64(66)89-90(79,80)81)85-53-57-63(76)65(84-49-45-41-37-32-27-23-19-15-11-7-2)61(67(86-57)68(77)78)71-59(74)50-55(73)46-42-38-34-30-24-20-16-12-8-3/h26,28,54,56-58,61-67,69,76H,6-25,27,29-53H2,1-5H3,(H,70,72)(H,71,74)(H,77,78)(H2,79,80,81)/b28-26-/t56-,57-,58-,61-,62-,63-,64-,65-,66-,67+,69-/m1/s1. The van der Waals surface area contributed by atoms with Crippen molar-refractivity contribution < 1.29 is 86.2 Å². The van der Waals surface area contributed by atoms with E-state index in [2.05, 4.69) is 50.5 Å². The molecule has 2 rings (SSSR count). The first-order valence-corrected chi connectivity index (χ1v) is 37.3. The number of ketones is 1. The van der Waals surface area contributed by atoms with Crippen LogP contribution < -0.4 is 10.6 Å². The summed E-state index contributed by atoms with van der Waals surface area (Å²) in [5.41, 5.74) is 0. The number of aliphatic carboxylic acids is 1. The first-order chi connectivity index (χ1) is 43.6. The monoisotopic (exact) mass is 1300 g/mol. The molecule has 2 heterocycles. The number of Topliss-reactive ketones (excluding diaryl/α,β-unsaturated/α-hetero) is 1. The Morgan fingerprint density at radius 3 is 1.57 bits per heavy atom. The third-order valence-corrected chi connectivity index (χ3v) is 17.8. The fraction of sp³-hybridized carbons (Fsp3) is 0.899. The highest BCUT2D eigenvalue weighted by Crippen LogP contribution is 2.43. The predicted molar refractivity (Wildman–Crippen MR) is 351 cm³/mol. The number of carbonyl (C=O) groups excluding carboxylic acids is 4. The molecule has 0 aliphatic carbocycles. The summed E-state index contributed by atoms with van der Waals surface area (Å²) in [7, 11) is -4.04. The van der Waals surface area contributed by atoms with Gasteiger partial charge in [-0.2, -0.15) is 0 Å². The van der Waals surface area contributed by atoms with Crippen LogP contribution in [0.1, 0.15) is 297 Å². The summed E-state index contributed by atoms with van der Waals surface area (Å²) in [5.74, 6) is -3.32. The van der Waals surface area contributed by atoms with E-state index in [1.54, 1.807) is 0 Å². The normalized spacial score (nSPS) is 22.4. The summed E-state index contributed by atoms with van der Waals surface area (Å²) >= 11 is 0. The first kappa shape index (κ1) is 83.2. The van der Waals surface area contributed by atoms with Crippen molar-refractivity contribution in [3.8, 4) is 0 Å².